The Balaban J connectivity index is 1.71. The molecule has 0 atom stereocenters. The maximum absolute atomic E-state index is 5.41. The third-order valence-corrected chi connectivity index (χ3v) is 4.54. The van der Waals surface area contributed by atoms with E-state index in [1.54, 1.807) is 0 Å². The molecule has 4 heteroatoms. The van der Waals surface area contributed by atoms with Gasteiger partial charge in [-0.3, -0.25) is 4.90 Å². The van der Waals surface area contributed by atoms with E-state index in [1.807, 2.05) is 23.1 Å². The van der Waals surface area contributed by atoms with Gasteiger partial charge in [0.1, 0.15) is 0 Å². The fourth-order valence-electron chi connectivity index (χ4n) is 3.10. The zero-order valence-corrected chi connectivity index (χ0v) is 13.6. The van der Waals surface area contributed by atoms with Gasteiger partial charge in [-0.2, -0.15) is 5.10 Å². The van der Waals surface area contributed by atoms with Crippen LogP contribution in [0.4, 0.5) is 0 Å². The molecule has 1 aliphatic heterocycles. The first-order valence-electron chi connectivity index (χ1n) is 8.15. The van der Waals surface area contributed by atoms with E-state index in [0.717, 1.165) is 39.3 Å². The third-order valence-electron chi connectivity index (χ3n) is 4.54. The number of rotatable bonds is 5. The lowest BCUT2D eigenvalue weighted by molar-refractivity contribution is 0.0374. The molecule has 118 valence electrons. The Morgan fingerprint density at radius 3 is 2.73 bits per heavy atom. The molecule has 22 heavy (non-hydrogen) atoms. The second-order valence-electron chi connectivity index (χ2n) is 6.02. The molecular formula is C18H25N3O. The molecule has 1 aromatic carbocycles. The number of ether oxygens (including phenoxy) is 1. The first-order chi connectivity index (χ1) is 10.8. The molecule has 1 fully saturated rings. The summed E-state index contributed by atoms with van der Waals surface area (Å²) >= 11 is 0. The van der Waals surface area contributed by atoms with E-state index in [9.17, 15) is 0 Å². The van der Waals surface area contributed by atoms with Crippen LogP contribution in [0, 0.1) is 13.8 Å². The Hall–Kier alpha value is -1.65. The molecule has 0 saturated carbocycles. The molecule has 0 bridgehead atoms. The molecule has 3 rings (SSSR count). The second kappa shape index (κ2) is 7.07. The number of hydrogen-bond acceptors (Lipinski definition) is 3. The molecule has 4 nitrogen and oxygen atoms in total. The minimum absolute atomic E-state index is 0.877. The molecule has 1 aliphatic rings. The maximum Gasteiger partial charge on any atom is 0.0709 e. The van der Waals surface area contributed by atoms with Gasteiger partial charge < -0.3 is 4.74 Å². The van der Waals surface area contributed by atoms with Crippen LogP contribution >= 0.6 is 0 Å². The lowest BCUT2D eigenvalue weighted by Crippen LogP contribution is -2.37. The average Bonchev–Trinajstić information content (AvgIpc) is 3.06. The monoisotopic (exact) mass is 299 g/mol. The Morgan fingerprint density at radius 2 is 2.00 bits per heavy atom. The topological polar surface area (TPSA) is 30.3 Å². The molecular weight excluding hydrogens is 274 g/mol. The predicted molar refractivity (Wildman–Crippen MR) is 88.6 cm³/mol. The van der Waals surface area contributed by atoms with E-state index >= 15 is 0 Å². The normalized spacial score (nSPS) is 16.1. The lowest BCUT2D eigenvalue weighted by atomic mass is 9.99. The van der Waals surface area contributed by atoms with Crippen LogP contribution in [0.2, 0.25) is 0 Å². The van der Waals surface area contributed by atoms with Crippen LogP contribution in [-0.4, -0.2) is 47.5 Å². The first-order valence-corrected chi connectivity index (χ1v) is 8.15. The molecule has 2 heterocycles. The zero-order chi connectivity index (χ0) is 15.4. The Bertz CT molecular complexity index is 601. The van der Waals surface area contributed by atoms with E-state index in [1.165, 1.54) is 28.8 Å². The highest BCUT2D eigenvalue weighted by Gasteiger charge is 2.13. The summed E-state index contributed by atoms with van der Waals surface area (Å²) in [7, 11) is 0. The molecule has 0 unspecified atom stereocenters. The molecule has 2 aromatic rings. The van der Waals surface area contributed by atoms with Gasteiger partial charge in [-0.1, -0.05) is 12.1 Å². The molecule has 0 aliphatic carbocycles. The van der Waals surface area contributed by atoms with Crippen LogP contribution in [-0.2, 0) is 11.2 Å². The van der Waals surface area contributed by atoms with Crippen molar-refractivity contribution in [2.75, 3.05) is 32.8 Å². The van der Waals surface area contributed by atoms with Crippen LogP contribution in [0.25, 0.3) is 5.69 Å². The number of aryl methyl sites for hydroxylation is 2. The van der Waals surface area contributed by atoms with Crippen LogP contribution in [0.15, 0.2) is 30.6 Å². The van der Waals surface area contributed by atoms with E-state index < -0.39 is 0 Å². The van der Waals surface area contributed by atoms with Gasteiger partial charge in [-0.25, -0.2) is 4.68 Å². The van der Waals surface area contributed by atoms with Gasteiger partial charge in [0.15, 0.2) is 0 Å². The van der Waals surface area contributed by atoms with Gasteiger partial charge in [0.05, 0.1) is 18.9 Å². The number of hydrogen-bond donors (Lipinski definition) is 0. The molecule has 1 saturated heterocycles. The van der Waals surface area contributed by atoms with Crippen LogP contribution < -0.4 is 0 Å². The van der Waals surface area contributed by atoms with Crippen molar-refractivity contribution >= 4 is 0 Å². The summed E-state index contributed by atoms with van der Waals surface area (Å²) in [6.07, 6.45) is 6.15. The van der Waals surface area contributed by atoms with Crippen LogP contribution in [0.1, 0.15) is 23.1 Å². The number of nitrogens with zero attached hydrogens (tertiary/aromatic N) is 3. The highest BCUT2D eigenvalue weighted by molar-refractivity contribution is 5.50. The van der Waals surface area contributed by atoms with Gasteiger partial charge >= 0.3 is 0 Å². The summed E-state index contributed by atoms with van der Waals surface area (Å²) in [6, 6.07) is 6.48. The van der Waals surface area contributed by atoms with E-state index in [2.05, 4.69) is 36.0 Å². The summed E-state index contributed by atoms with van der Waals surface area (Å²) in [4.78, 5) is 2.50. The predicted octanol–water partition coefficient (Wildman–Crippen LogP) is 2.75. The summed E-state index contributed by atoms with van der Waals surface area (Å²) in [5, 5.41) is 4.44. The fraction of sp³-hybridized carbons (Fsp3) is 0.500. The molecule has 0 amide bonds. The zero-order valence-electron chi connectivity index (χ0n) is 13.6. The highest BCUT2D eigenvalue weighted by atomic mass is 16.5. The van der Waals surface area contributed by atoms with E-state index in [4.69, 9.17) is 4.74 Å². The van der Waals surface area contributed by atoms with E-state index in [0.29, 0.717) is 0 Å². The fourth-order valence-corrected chi connectivity index (χ4v) is 3.10. The van der Waals surface area contributed by atoms with Crippen LogP contribution in [0.5, 0.6) is 0 Å². The Labute approximate surface area is 132 Å². The average molecular weight is 299 g/mol. The standard InChI is InChI=1S/C18H25N3O/c1-15-6-7-17(5-3-9-20-11-13-22-14-12-20)18(16(15)2)21-10-4-8-19-21/h4,6-8,10H,3,5,9,11-14H2,1-2H3. The number of benzene rings is 1. The van der Waals surface area contributed by atoms with Gasteiger partial charge in [0, 0.05) is 25.5 Å². The van der Waals surface area contributed by atoms with Crippen molar-refractivity contribution < 1.29 is 4.74 Å². The number of aromatic nitrogens is 2. The molecule has 0 radical (unpaired) electrons. The summed E-state index contributed by atoms with van der Waals surface area (Å²) in [5.74, 6) is 0. The minimum Gasteiger partial charge on any atom is -0.379 e. The van der Waals surface area contributed by atoms with Gasteiger partial charge in [-0.05, 0) is 56.0 Å². The smallest absolute Gasteiger partial charge is 0.0709 e. The van der Waals surface area contributed by atoms with Crippen molar-refractivity contribution in [3.8, 4) is 5.69 Å². The van der Waals surface area contributed by atoms with Crippen molar-refractivity contribution in [1.82, 2.24) is 14.7 Å². The van der Waals surface area contributed by atoms with Gasteiger partial charge in [0.2, 0.25) is 0 Å². The molecule has 0 N–H and O–H groups in total. The molecule has 0 spiro atoms. The summed E-state index contributed by atoms with van der Waals surface area (Å²) < 4.78 is 7.41. The van der Waals surface area contributed by atoms with Crippen molar-refractivity contribution in [2.24, 2.45) is 0 Å². The van der Waals surface area contributed by atoms with Crippen molar-refractivity contribution in [3.63, 3.8) is 0 Å². The lowest BCUT2D eigenvalue weighted by Gasteiger charge is -2.26. The SMILES string of the molecule is Cc1ccc(CCCN2CCOCC2)c(-n2cccn2)c1C. The molecule has 1 aromatic heterocycles. The van der Waals surface area contributed by atoms with Gasteiger partial charge in [0.25, 0.3) is 0 Å². The Kier molecular flexibility index (Phi) is 4.90. The van der Waals surface area contributed by atoms with Gasteiger partial charge in [-0.15, -0.1) is 0 Å². The van der Waals surface area contributed by atoms with Crippen molar-refractivity contribution in [1.29, 1.82) is 0 Å². The third kappa shape index (κ3) is 3.39. The highest BCUT2D eigenvalue weighted by Crippen LogP contribution is 2.23. The largest absolute Gasteiger partial charge is 0.379 e. The summed E-state index contributed by atoms with van der Waals surface area (Å²) in [5.41, 5.74) is 5.29. The van der Waals surface area contributed by atoms with Crippen LogP contribution in [0.3, 0.4) is 0 Å². The van der Waals surface area contributed by atoms with Crippen molar-refractivity contribution in [3.05, 3.63) is 47.3 Å². The summed E-state index contributed by atoms with van der Waals surface area (Å²) in [6.45, 7) is 9.40. The first kappa shape index (κ1) is 15.3. The number of morpholine rings is 1. The van der Waals surface area contributed by atoms with Crippen molar-refractivity contribution in [2.45, 2.75) is 26.7 Å². The Morgan fingerprint density at radius 1 is 1.18 bits per heavy atom. The van der Waals surface area contributed by atoms with E-state index in [-0.39, 0.29) is 0 Å². The quantitative estimate of drug-likeness (QED) is 0.850. The minimum atomic E-state index is 0.877. The second-order valence-corrected chi connectivity index (χ2v) is 6.02. The maximum atomic E-state index is 5.41.